The third-order valence-corrected chi connectivity index (χ3v) is 5.51. The Bertz CT molecular complexity index is 568. The molecule has 0 saturated heterocycles. The number of hydrogen-bond acceptors (Lipinski definition) is 3. The fourth-order valence-electron chi connectivity index (χ4n) is 2.76. The first-order valence-corrected chi connectivity index (χ1v) is 8.01. The predicted octanol–water partition coefficient (Wildman–Crippen LogP) is 3.95. The molecule has 3 rings (SSSR count). The quantitative estimate of drug-likeness (QED) is 0.899. The van der Waals surface area contributed by atoms with Crippen LogP contribution in [0.4, 0.5) is 0 Å². The second kappa shape index (κ2) is 5.80. The molecule has 0 radical (unpaired) electrons. The van der Waals surface area contributed by atoms with Crippen molar-refractivity contribution in [2.45, 2.75) is 44.4 Å². The van der Waals surface area contributed by atoms with Gasteiger partial charge in [-0.05, 0) is 31.7 Å². The van der Waals surface area contributed by atoms with Crippen molar-refractivity contribution in [3.63, 3.8) is 0 Å². The van der Waals surface area contributed by atoms with Gasteiger partial charge < -0.3 is 10.4 Å². The minimum absolute atomic E-state index is 0.135. The van der Waals surface area contributed by atoms with E-state index in [0.29, 0.717) is 6.04 Å². The van der Waals surface area contributed by atoms with E-state index in [9.17, 15) is 5.11 Å². The molecule has 1 fully saturated rings. The maximum absolute atomic E-state index is 9.68. The number of thiophene rings is 1. The van der Waals surface area contributed by atoms with Gasteiger partial charge in [0.25, 0.3) is 0 Å². The van der Waals surface area contributed by atoms with Crippen LogP contribution in [-0.4, -0.2) is 17.3 Å². The number of rotatable bonds is 3. The van der Waals surface area contributed by atoms with E-state index in [1.807, 2.05) is 12.1 Å². The molecule has 0 aliphatic heterocycles. The van der Waals surface area contributed by atoms with Crippen LogP contribution >= 0.6 is 22.9 Å². The maximum atomic E-state index is 9.68. The number of aliphatic hydroxyl groups is 1. The first-order chi connectivity index (χ1) is 9.24. The van der Waals surface area contributed by atoms with Crippen LogP contribution in [-0.2, 0) is 6.54 Å². The first kappa shape index (κ1) is 13.4. The van der Waals surface area contributed by atoms with Gasteiger partial charge in [0.05, 0.1) is 11.1 Å². The lowest BCUT2D eigenvalue weighted by Gasteiger charge is -2.26. The average Bonchev–Trinajstić information content (AvgIpc) is 2.74. The highest BCUT2D eigenvalue weighted by Crippen LogP contribution is 2.35. The molecule has 2 unspecified atom stereocenters. The van der Waals surface area contributed by atoms with Crippen LogP contribution in [0, 0.1) is 0 Å². The summed E-state index contributed by atoms with van der Waals surface area (Å²) < 4.78 is 1.24. The predicted molar refractivity (Wildman–Crippen MR) is 81.9 cm³/mol. The molecule has 2 aromatic rings. The van der Waals surface area contributed by atoms with Crippen molar-refractivity contribution in [2.75, 3.05) is 0 Å². The van der Waals surface area contributed by atoms with Crippen LogP contribution in [0.15, 0.2) is 24.3 Å². The number of benzene rings is 1. The second-order valence-electron chi connectivity index (χ2n) is 5.23. The fourth-order valence-corrected chi connectivity index (χ4v) is 4.22. The minimum Gasteiger partial charge on any atom is -0.393 e. The van der Waals surface area contributed by atoms with Crippen molar-refractivity contribution < 1.29 is 5.11 Å². The van der Waals surface area contributed by atoms with Crippen molar-refractivity contribution in [2.24, 2.45) is 0 Å². The summed E-state index contributed by atoms with van der Waals surface area (Å²) >= 11 is 8.18. The Labute approximate surface area is 122 Å². The standard InChI is InChI=1S/C15H18ClNOS/c16-15-12-6-1-2-7-13(12)19-14(15)9-17-10-4-3-5-11(18)8-10/h1-2,6-7,10-11,17-18H,3-5,8-9H2. The Morgan fingerprint density at radius 2 is 2.16 bits per heavy atom. The number of aliphatic hydroxyl groups excluding tert-OH is 1. The van der Waals surface area contributed by atoms with E-state index in [1.165, 1.54) is 9.58 Å². The molecule has 4 heteroatoms. The van der Waals surface area contributed by atoms with E-state index in [2.05, 4.69) is 17.4 Å². The van der Waals surface area contributed by atoms with E-state index in [-0.39, 0.29) is 6.10 Å². The lowest BCUT2D eigenvalue weighted by atomic mass is 9.93. The average molecular weight is 296 g/mol. The Hall–Kier alpha value is -0.610. The molecule has 2 nitrogen and oxygen atoms in total. The summed E-state index contributed by atoms with van der Waals surface area (Å²) in [5, 5.41) is 15.2. The van der Waals surface area contributed by atoms with Crippen LogP contribution in [0.3, 0.4) is 0 Å². The zero-order valence-electron chi connectivity index (χ0n) is 10.7. The van der Waals surface area contributed by atoms with Gasteiger partial charge in [-0.3, -0.25) is 0 Å². The molecule has 2 N–H and O–H groups in total. The molecular formula is C15H18ClNOS. The van der Waals surface area contributed by atoms with Crippen LogP contribution in [0.1, 0.15) is 30.6 Å². The smallest absolute Gasteiger partial charge is 0.0636 e. The lowest BCUT2D eigenvalue weighted by Crippen LogP contribution is -2.35. The summed E-state index contributed by atoms with van der Waals surface area (Å²) in [5.74, 6) is 0. The molecule has 1 aliphatic carbocycles. The summed E-state index contributed by atoms with van der Waals surface area (Å²) in [6.07, 6.45) is 3.94. The molecule has 1 heterocycles. The monoisotopic (exact) mass is 295 g/mol. The van der Waals surface area contributed by atoms with E-state index in [0.717, 1.165) is 42.6 Å². The topological polar surface area (TPSA) is 32.3 Å². The summed E-state index contributed by atoms with van der Waals surface area (Å²) in [7, 11) is 0. The van der Waals surface area contributed by atoms with Crippen molar-refractivity contribution in [1.82, 2.24) is 5.32 Å². The summed E-state index contributed by atoms with van der Waals surface area (Å²) in [5.41, 5.74) is 0. The van der Waals surface area contributed by atoms with Gasteiger partial charge in [-0.25, -0.2) is 0 Å². The van der Waals surface area contributed by atoms with Crippen molar-refractivity contribution in [3.05, 3.63) is 34.2 Å². The Morgan fingerprint density at radius 3 is 2.95 bits per heavy atom. The number of hydrogen-bond donors (Lipinski definition) is 2. The second-order valence-corrected chi connectivity index (χ2v) is 6.75. The SMILES string of the molecule is OC1CCCC(NCc2sc3ccccc3c2Cl)C1. The Balaban J connectivity index is 1.69. The van der Waals surface area contributed by atoms with Crippen molar-refractivity contribution in [3.8, 4) is 0 Å². The van der Waals surface area contributed by atoms with Crippen LogP contribution in [0.2, 0.25) is 5.02 Å². The lowest BCUT2D eigenvalue weighted by molar-refractivity contribution is 0.111. The third-order valence-electron chi connectivity index (χ3n) is 3.80. The Morgan fingerprint density at radius 1 is 1.32 bits per heavy atom. The number of nitrogens with one attached hydrogen (secondary N) is 1. The molecule has 2 atom stereocenters. The van der Waals surface area contributed by atoms with Gasteiger partial charge in [-0.1, -0.05) is 29.8 Å². The highest BCUT2D eigenvalue weighted by atomic mass is 35.5. The Kier molecular flexibility index (Phi) is 4.08. The molecule has 0 spiro atoms. The molecule has 19 heavy (non-hydrogen) atoms. The van der Waals surface area contributed by atoms with Crippen molar-refractivity contribution >= 4 is 33.0 Å². The van der Waals surface area contributed by atoms with Crippen LogP contribution in [0.5, 0.6) is 0 Å². The summed E-state index contributed by atoms with van der Waals surface area (Å²) in [4.78, 5) is 1.20. The molecule has 1 aromatic heterocycles. The molecule has 1 aliphatic rings. The van der Waals surface area contributed by atoms with E-state index < -0.39 is 0 Å². The zero-order valence-corrected chi connectivity index (χ0v) is 12.3. The van der Waals surface area contributed by atoms with E-state index >= 15 is 0 Å². The number of fused-ring (bicyclic) bond motifs is 1. The van der Waals surface area contributed by atoms with Gasteiger partial charge in [0, 0.05) is 27.5 Å². The van der Waals surface area contributed by atoms with Gasteiger partial charge in [0.1, 0.15) is 0 Å². The van der Waals surface area contributed by atoms with Gasteiger partial charge in [0.15, 0.2) is 0 Å². The van der Waals surface area contributed by atoms with Crippen LogP contribution in [0.25, 0.3) is 10.1 Å². The zero-order chi connectivity index (χ0) is 13.2. The third kappa shape index (κ3) is 2.95. The van der Waals surface area contributed by atoms with E-state index in [1.54, 1.807) is 11.3 Å². The first-order valence-electron chi connectivity index (χ1n) is 6.81. The normalized spacial score (nSPS) is 23.9. The molecule has 1 aromatic carbocycles. The minimum atomic E-state index is -0.135. The van der Waals surface area contributed by atoms with Gasteiger partial charge >= 0.3 is 0 Å². The van der Waals surface area contributed by atoms with E-state index in [4.69, 9.17) is 11.6 Å². The fraction of sp³-hybridized carbons (Fsp3) is 0.467. The molecule has 102 valence electrons. The van der Waals surface area contributed by atoms with Gasteiger partial charge in [0.2, 0.25) is 0 Å². The highest BCUT2D eigenvalue weighted by molar-refractivity contribution is 7.19. The number of halogens is 1. The molecular weight excluding hydrogens is 278 g/mol. The molecule has 0 bridgehead atoms. The summed E-state index contributed by atoms with van der Waals surface area (Å²) in [6, 6.07) is 8.67. The van der Waals surface area contributed by atoms with Gasteiger partial charge in [-0.15, -0.1) is 11.3 Å². The van der Waals surface area contributed by atoms with Crippen molar-refractivity contribution in [1.29, 1.82) is 0 Å². The van der Waals surface area contributed by atoms with Crippen LogP contribution < -0.4 is 5.32 Å². The highest BCUT2D eigenvalue weighted by Gasteiger charge is 2.20. The van der Waals surface area contributed by atoms with Gasteiger partial charge in [-0.2, -0.15) is 0 Å². The molecule has 0 amide bonds. The largest absolute Gasteiger partial charge is 0.393 e. The molecule has 1 saturated carbocycles. The maximum Gasteiger partial charge on any atom is 0.0636 e. The summed E-state index contributed by atoms with van der Waals surface area (Å²) in [6.45, 7) is 0.801.